The molecule has 2 aromatic rings. The summed E-state index contributed by atoms with van der Waals surface area (Å²) in [6.07, 6.45) is -3.40. The van der Waals surface area contributed by atoms with Crippen molar-refractivity contribution in [1.29, 1.82) is 0 Å². The molecule has 2 aliphatic heterocycles. The number of halogens is 3. The van der Waals surface area contributed by atoms with E-state index in [4.69, 9.17) is 0 Å². The Labute approximate surface area is 164 Å². The molecule has 1 fully saturated rings. The van der Waals surface area contributed by atoms with Crippen LogP contribution >= 0.6 is 0 Å². The molecule has 0 atom stereocenters. The summed E-state index contributed by atoms with van der Waals surface area (Å²) in [5.41, 5.74) is -0.122. The zero-order chi connectivity index (χ0) is 20.6. The van der Waals surface area contributed by atoms with Crippen molar-refractivity contribution in [1.82, 2.24) is 19.8 Å². The fourth-order valence-corrected chi connectivity index (χ4v) is 3.51. The van der Waals surface area contributed by atoms with Gasteiger partial charge in [-0.1, -0.05) is 12.1 Å². The van der Waals surface area contributed by atoms with Gasteiger partial charge in [0.25, 0.3) is 11.8 Å². The van der Waals surface area contributed by atoms with E-state index in [1.165, 1.54) is 4.90 Å². The third kappa shape index (κ3) is 3.80. The van der Waals surface area contributed by atoms with Gasteiger partial charge in [0.15, 0.2) is 0 Å². The quantitative estimate of drug-likeness (QED) is 0.724. The highest BCUT2D eigenvalue weighted by atomic mass is 19.4. The lowest BCUT2D eigenvalue weighted by atomic mass is 10.1. The molecule has 29 heavy (non-hydrogen) atoms. The smallest absolute Gasteiger partial charge is 0.338 e. The van der Waals surface area contributed by atoms with Gasteiger partial charge in [-0.2, -0.15) is 13.2 Å². The highest BCUT2D eigenvalue weighted by molar-refractivity contribution is 6.21. The number of rotatable bonds is 4. The summed E-state index contributed by atoms with van der Waals surface area (Å²) >= 11 is 0. The third-order valence-electron chi connectivity index (χ3n) is 5.11. The number of carbonyl (C=O) groups is 2. The summed E-state index contributed by atoms with van der Waals surface area (Å²) in [7, 11) is 0. The molecular weight excluding hydrogens is 387 g/mol. The van der Waals surface area contributed by atoms with Crippen LogP contribution in [0.4, 0.5) is 19.1 Å². The SMILES string of the molecule is O=C1c2ccccc2C(=O)N1CCN1CCN(c2nccc(C(F)(F)F)n2)CC1. The number of aromatic nitrogens is 2. The molecule has 152 valence electrons. The number of fused-ring (bicyclic) bond motifs is 1. The van der Waals surface area contributed by atoms with Crippen LogP contribution in [0.25, 0.3) is 0 Å². The maximum atomic E-state index is 12.8. The molecule has 0 saturated carbocycles. The second-order valence-corrected chi connectivity index (χ2v) is 6.88. The average molecular weight is 405 g/mol. The summed E-state index contributed by atoms with van der Waals surface area (Å²) in [5.74, 6) is -0.525. The maximum absolute atomic E-state index is 12.8. The van der Waals surface area contributed by atoms with Crippen LogP contribution in [0.2, 0.25) is 0 Å². The van der Waals surface area contributed by atoms with Crippen molar-refractivity contribution in [2.75, 3.05) is 44.2 Å². The van der Waals surface area contributed by atoms with Crippen molar-refractivity contribution in [3.8, 4) is 0 Å². The number of carbonyl (C=O) groups excluding carboxylic acids is 2. The van der Waals surface area contributed by atoms with Gasteiger partial charge in [-0.05, 0) is 18.2 Å². The average Bonchev–Trinajstić information content (AvgIpc) is 2.97. The number of piperazine rings is 1. The van der Waals surface area contributed by atoms with Crippen molar-refractivity contribution >= 4 is 17.8 Å². The minimum absolute atomic E-state index is 0.0554. The molecule has 10 heteroatoms. The van der Waals surface area contributed by atoms with Gasteiger partial charge in [0.05, 0.1) is 11.1 Å². The van der Waals surface area contributed by atoms with Gasteiger partial charge < -0.3 is 4.90 Å². The Bertz CT molecular complexity index is 906. The predicted molar refractivity (Wildman–Crippen MR) is 97.5 cm³/mol. The molecule has 2 amide bonds. The molecule has 0 radical (unpaired) electrons. The van der Waals surface area contributed by atoms with Crippen LogP contribution in [-0.2, 0) is 6.18 Å². The topological polar surface area (TPSA) is 69.6 Å². The largest absolute Gasteiger partial charge is 0.433 e. The van der Waals surface area contributed by atoms with E-state index in [0.717, 1.165) is 12.3 Å². The summed E-state index contributed by atoms with van der Waals surface area (Å²) in [6, 6.07) is 7.58. The number of imide groups is 1. The Kier molecular flexibility index (Phi) is 4.95. The first-order chi connectivity index (χ1) is 13.8. The van der Waals surface area contributed by atoms with Crippen molar-refractivity contribution in [2.45, 2.75) is 6.18 Å². The van der Waals surface area contributed by atoms with Crippen molar-refractivity contribution in [3.05, 3.63) is 53.3 Å². The number of anilines is 1. The standard InChI is InChI=1S/C19H18F3N5O2/c20-19(21,22)15-5-6-23-18(24-15)26-10-7-25(8-11-26)9-12-27-16(28)13-3-1-2-4-14(13)17(27)29/h1-6H,7-12H2. The zero-order valence-electron chi connectivity index (χ0n) is 15.4. The molecule has 1 aromatic heterocycles. The molecule has 0 bridgehead atoms. The van der Waals surface area contributed by atoms with Gasteiger partial charge >= 0.3 is 6.18 Å². The Hall–Kier alpha value is -3.01. The molecule has 3 heterocycles. The van der Waals surface area contributed by atoms with E-state index in [9.17, 15) is 22.8 Å². The number of amides is 2. The zero-order valence-corrected chi connectivity index (χ0v) is 15.4. The maximum Gasteiger partial charge on any atom is 0.433 e. The van der Waals surface area contributed by atoms with Crippen molar-refractivity contribution in [2.24, 2.45) is 0 Å². The van der Waals surface area contributed by atoms with Gasteiger partial charge in [0.1, 0.15) is 5.69 Å². The highest BCUT2D eigenvalue weighted by Gasteiger charge is 2.36. The molecule has 1 aromatic carbocycles. The van der Waals surface area contributed by atoms with E-state index in [1.54, 1.807) is 29.2 Å². The first-order valence-electron chi connectivity index (χ1n) is 9.17. The molecule has 7 nitrogen and oxygen atoms in total. The molecule has 0 unspecified atom stereocenters. The Morgan fingerprint density at radius 2 is 1.52 bits per heavy atom. The first-order valence-corrected chi connectivity index (χ1v) is 9.17. The molecule has 4 rings (SSSR count). The second kappa shape index (κ2) is 7.43. The molecular formula is C19H18F3N5O2. The lowest BCUT2D eigenvalue weighted by Crippen LogP contribution is -2.49. The minimum Gasteiger partial charge on any atom is -0.338 e. The first kappa shape index (κ1) is 19.3. The third-order valence-corrected chi connectivity index (χ3v) is 5.11. The van der Waals surface area contributed by atoms with Crippen molar-refractivity contribution in [3.63, 3.8) is 0 Å². The molecule has 0 spiro atoms. The van der Waals surface area contributed by atoms with E-state index in [1.807, 2.05) is 0 Å². The second-order valence-electron chi connectivity index (χ2n) is 6.88. The van der Waals surface area contributed by atoms with Gasteiger partial charge in [0.2, 0.25) is 5.95 Å². The summed E-state index contributed by atoms with van der Waals surface area (Å²) in [4.78, 5) is 37.4. The monoisotopic (exact) mass is 405 g/mol. The van der Waals surface area contributed by atoms with Crippen LogP contribution in [-0.4, -0.2) is 70.9 Å². The van der Waals surface area contributed by atoms with Crippen molar-refractivity contribution < 1.29 is 22.8 Å². The predicted octanol–water partition coefficient (Wildman–Crippen LogP) is 1.91. The Morgan fingerprint density at radius 3 is 2.10 bits per heavy atom. The lowest BCUT2D eigenvalue weighted by Gasteiger charge is -2.35. The van der Waals surface area contributed by atoms with Gasteiger partial charge in [-0.25, -0.2) is 9.97 Å². The van der Waals surface area contributed by atoms with E-state index in [0.29, 0.717) is 43.9 Å². The fourth-order valence-electron chi connectivity index (χ4n) is 3.51. The van der Waals surface area contributed by atoms with Gasteiger partial charge in [-0.15, -0.1) is 0 Å². The molecule has 2 aliphatic rings. The van der Waals surface area contributed by atoms with Crippen LogP contribution < -0.4 is 4.90 Å². The van der Waals surface area contributed by atoms with E-state index in [2.05, 4.69) is 14.9 Å². The minimum atomic E-state index is -4.51. The Balaban J connectivity index is 1.32. The number of alkyl halides is 3. The normalized spacial score (nSPS) is 17.8. The van der Waals surface area contributed by atoms with E-state index in [-0.39, 0.29) is 24.3 Å². The fraction of sp³-hybridized carbons (Fsp3) is 0.368. The van der Waals surface area contributed by atoms with Gasteiger partial charge in [0, 0.05) is 45.5 Å². The summed E-state index contributed by atoms with van der Waals surface area (Å²) in [5, 5.41) is 0. The number of hydrogen-bond donors (Lipinski definition) is 0. The van der Waals surface area contributed by atoms with E-state index < -0.39 is 11.9 Å². The van der Waals surface area contributed by atoms with Crippen LogP contribution in [0.1, 0.15) is 26.4 Å². The van der Waals surface area contributed by atoms with Crippen LogP contribution in [0.15, 0.2) is 36.5 Å². The molecule has 1 saturated heterocycles. The summed E-state index contributed by atoms with van der Waals surface area (Å²) in [6.45, 7) is 2.84. The van der Waals surface area contributed by atoms with E-state index >= 15 is 0 Å². The van der Waals surface area contributed by atoms with Gasteiger partial charge in [-0.3, -0.25) is 19.4 Å². The molecule has 0 aliphatic carbocycles. The van der Waals surface area contributed by atoms with Crippen LogP contribution in [0.5, 0.6) is 0 Å². The molecule has 0 N–H and O–H groups in total. The Morgan fingerprint density at radius 1 is 0.897 bits per heavy atom. The highest BCUT2D eigenvalue weighted by Crippen LogP contribution is 2.28. The van der Waals surface area contributed by atoms with Crippen LogP contribution in [0.3, 0.4) is 0 Å². The number of nitrogens with zero attached hydrogens (tertiary/aromatic N) is 5. The van der Waals surface area contributed by atoms with Crippen LogP contribution in [0, 0.1) is 0 Å². The number of hydrogen-bond acceptors (Lipinski definition) is 6. The lowest BCUT2D eigenvalue weighted by molar-refractivity contribution is -0.141. The summed E-state index contributed by atoms with van der Waals surface area (Å²) < 4.78 is 38.5. The number of benzene rings is 1.